The normalized spacial score (nSPS) is 20.7. The number of alkyl halides is 6. The van der Waals surface area contributed by atoms with Crippen LogP contribution in [0.1, 0.15) is 17.7 Å². The lowest BCUT2D eigenvalue weighted by Gasteiger charge is -2.22. The van der Waals surface area contributed by atoms with Gasteiger partial charge in [0.2, 0.25) is 0 Å². The molecule has 0 saturated carbocycles. The minimum Gasteiger partial charge on any atom is -0.350 e. The van der Waals surface area contributed by atoms with E-state index in [-0.39, 0.29) is 22.4 Å². The summed E-state index contributed by atoms with van der Waals surface area (Å²) in [5, 5.41) is 12.7. The Kier molecular flexibility index (Phi) is 4.18. The Hall–Kier alpha value is -2.62. The van der Waals surface area contributed by atoms with Crippen molar-refractivity contribution in [1.29, 1.82) is 0 Å². The minimum absolute atomic E-state index is 0.164. The summed E-state index contributed by atoms with van der Waals surface area (Å²) in [6, 6.07) is 7.78. The average molecular weight is 376 g/mol. The number of benzene rings is 1. The largest absolute Gasteiger partial charge is 0.458 e. The number of hydrogen-bond acceptors (Lipinski definition) is 4. The molecule has 0 bridgehead atoms. The van der Waals surface area contributed by atoms with Crippen LogP contribution in [0.15, 0.2) is 47.8 Å². The van der Waals surface area contributed by atoms with Gasteiger partial charge in [0.1, 0.15) is 0 Å². The highest BCUT2D eigenvalue weighted by Crippen LogP contribution is 2.39. The van der Waals surface area contributed by atoms with E-state index in [4.69, 9.17) is 0 Å². The van der Waals surface area contributed by atoms with Gasteiger partial charge in [0.05, 0.1) is 12.1 Å². The van der Waals surface area contributed by atoms with Gasteiger partial charge in [0.25, 0.3) is 0 Å². The number of hydrogen-bond donors (Lipinski definition) is 1. The van der Waals surface area contributed by atoms with Crippen LogP contribution in [0, 0.1) is 0 Å². The van der Waals surface area contributed by atoms with Gasteiger partial charge in [-0.15, -0.1) is 0 Å². The molecule has 1 aromatic heterocycles. The van der Waals surface area contributed by atoms with Gasteiger partial charge in [-0.3, -0.25) is 4.98 Å². The van der Waals surface area contributed by atoms with Crippen LogP contribution in [-0.2, 0) is 11.0 Å². The highest BCUT2D eigenvalue weighted by atomic mass is 19.4. The number of aliphatic hydroxyl groups is 1. The fourth-order valence-corrected chi connectivity index (χ4v) is 2.44. The predicted octanol–water partition coefficient (Wildman–Crippen LogP) is 4.14. The lowest BCUT2D eigenvalue weighted by molar-refractivity contribution is -0.355. The van der Waals surface area contributed by atoms with Gasteiger partial charge in [-0.1, -0.05) is 35.5 Å². The van der Waals surface area contributed by atoms with Gasteiger partial charge in [-0.25, -0.2) is 0 Å². The SMILES string of the molecule is OC1(C(F)(F)F)CC(c2ccc(-c3cccnc3C(F)(F)F)cc2)=NO1. The summed E-state index contributed by atoms with van der Waals surface area (Å²) in [6.45, 7) is 0. The van der Waals surface area contributed by atoms with E-state index in [1.165, 1.54) is 36.4 Å². The molecular weight excluding hydrogens is 366 g/mol. The Morgan fingerprint density at radius 2 is 1.58 bits per heavy atom. The molecule has 1 N–H and O–H groups in total. The molecule has 1 aromatic carbocycles. The van der Waals surface area contributed by atoms with Gasteiger partial charge in [-0.05, 0) is 17.2 Å². The molecule has 4 nitrogen and oxygen atoms in total. The van der Waals surface area contributed by atoms with Crippen molar-refractivity contribution in [2.24, 2.45) is 5.16 Å². The van der Waals surface area contributed by atoms with E-state index in [0.29, 0.717) is 0 Å². The van der Waals surface area contributed by atoms with Gasteiger partial charge < -0.3 is 9.94 Å². The third-order valence-corrected chi connectivity index (χ3v) is 3.76. The van der Waals surface area contributed by atoms with Crippen LogP contribution < -0.4 is 0 Å². The molecule has 3 rings (SSSR count). The van der Waals surface area contributed by atoms with E-state index in [0.717, 1.165) is 6.20 Å². The molecule has 1 atom stereocenters. The Balaban J connectivity index is 1.88. The van der Waals surface area contributed by atoms with Crippen molar-refractivity contribution >= 4 is 5.71 Å². The average Bonchev–Trinajstić information content (AvgIpc) is 2.98. The maximum atomic E-state index is 13.0. The van der Waals surface area contributed by atoms with Crippen molar-refractivity contribution < 1.29 is 36.3 Å². The Morgan fingerprint density at radius 3 is 2.12 bits per heavy atom. The molecule has 0 aliphatic carbocycles. The van der Waals surface area contributed by atoms with Crippen LogP contribution in [0.4, 0.5) is 26.3 Å². The van der Waals surface area contributed by atoms with Crippen LogP contribution in [0.2, 0.25) is 0 Å². The van der Waals surface area contributed by atoms with Crippen LogP contribution in [0.25, 0.3) is 11.1 Å². The van der Waals surface area contributed by atoms with Crippen molar-refractivity contribution in [3.8, 4) is 11.1 Å². The summed E-state index contributed by atoms with van der Waals surface area (Å²) in [4.78, 5) is 7.46. The second-order valence-electron chi connectivity index (χ2n) is 5.56. The van der Waals surface area contributed by atoms with Crippen LogP contribution >= 0.6 is 0 Å². The Morgan fingerprint density at radius 1 is 0.962 bits per heavy atom. The van der Waals surface area contributed by atoms with Crippen molar-refractivity contribution in [2.45, 2.75) is 24.6 Å². The first kappa shape index (κ1) is 18.2. The van der Waals surface area contributed by atoms with E-state index < -0.39 is 30.3 Å². The molecule has 1 aliphatic heterocycles. The topological polar surface area (TPSA) is 54.7 Å². The molecule has 0 amide bonds. The molecule has 1 unspecified atom stereocenters. The number of pyridine rings is 1. The van der Waals surface area contributed by atoms with Crippen LogP contribution in [-0.4, -0.2) is 27.8 Å². The number of aromatic nitrogens is 1. The van der Waals surface area contributed by atoms with E-state index in [9.17, 15) is 31.4 Å². The molecular formula is C16H10F6N2O2. The van der Waals surface area contributed by atoms with E-state index in [1.54, 1.807) is 0 Å². The highest BCUT2D eigenvalue weighted by molar-refractivity contribution is 6.01. The van der Waals surface area contributed by atoms with Gasteiger partial charge in [0.15, 0.2) is 5.69 Å². The maximum absolute atomic E-state index is 13.0. The zero-order valence-corrected chi connectivity index (χ0v) is 12.8. The lowest BCUT2D eigenvalue weighted by Crippen LogP contribution is -2.45. The van der Waals surface area contributed by atoms with Crippen molar-refractivity contribution in [3.05, 3.63) is 53.9 Å². The summed E-state index contributed by atoms with van der Waals surface area (Å²) in [5.74, 6) is -3.41. The summed E-state index contributed by atoms with van der Waals surface area (Å²) < 4.78 is 77.2. The predicted molar refractivity (Wildman–Crippen MR) is 77.9 cm³/mol. The van der Waals surface area contributed by atoms with Crippen LogP contribution in [0.3, 0.4) is 0 Å². The highest BCUT2D eigenvalue weighted by Gasteiger charge is 2.60. The van der Waals surface area contributed by atoms with Gasteiger partial charge in [-0.2, -0.15) is 26.3 Å². The Labute approximate surface area is 142 Å². The summed E-state index contributed by atoms with van der Waals surface area (Å²) in [5.41, 5.74) is -1.03. The maximum Gasteiger partial charge on any atom is 0.458 e. The first-order valence-corrected chi connectivity index (χ1v) is 7.18. The molecule has 138 valence electrons. The van der Waals surface area contributed by atoms with E-state index in [2.05, 4.69) is 15.0 Å². The molecule has 0 spiro atoms. The molecule has 2 heterocycles. The quantitative estimate of drug-likeness (QED) is 0.802. The number of halogens is 6. The zero-order valence-electron chi connectivity index (χ0n) is 12.8. The first-order chi connectivity index (χ1) is 12.0. The van der Waals surface area contributed by atoms with Crippen LogP contribution in [0.5, 0.6) is 0 Å². The standard InChI is InChI=1S/C16H10F6N2O2/c17-15(18,19)13-11(2-1-7-23-13)9-3-5-10(6-4-9)12-8-14(25,26-24-12)16(20,21)22/h1-7,25H,8H2. The minimum atomic E-state index is -5.03. The zero-order chi connectivity index (χ0) is 19.2. The molecule has 10 heteroatoms. The van der Waals surface area contributed by atoms with Crippen molar-refractivity contribution in [1.82, 2.24) is 4.98 Å². The molecule has 0 saturated heterocycles. The summed E-state index contributed by atoms with van der Waals surface area (Å²) in [6.07, 6.45) is -9.59. The third-order valence-electron chi connectivity index (χ3n) is 3.76. The van der Waals surface area contributed by atoms with Gasteiger partial charge >= 0.3 is 18.1 Å². The second-order valence-corrected chi connectivity index (χ2v) is 5.56. The summed E-state index contributed by atoms with van der Waals surface area (Å²) >= 11 is 0. The van der Waals surface area contributed by atoms with Crippen molar-refractivity contribution in [3.63, 3.8) is 0 Å². The van der Waals surface area contributed by atoms with Gasteiger partial charge in [0, 0.05) is 11.8 Å². The van der Waals surface area contributed by atoms with Crippen molar-refractivity contribution in [2.75, 3.05) is 0 Å². The molecule has 26 heavy (non-hydrogen) atoms. The Bertz CT molecular complexity index is 845. The second kappa shape index (κ2) is 5.97. The fraction of sp³-hybridized carbons (Fsp3) is 0.250. The monoisotopic (exact) mass is 376 g/mol. The molecule has 1 aliphatic rings. The number of rotatable bonds is 2. The smallest absolute Gasteiger partial charge is 0.350 e. The molecule has 0 fully saturated rings. The number of nitrogens with zero attached hydrogens (tertiary/aromatic N) is 2. The molecule has 0 radical (unpaired) electrons. The van der Waals surface area contributed by atoms with E-state index >= 15 is 0 Å². The number of oxime groups is 1. The first-order valence-electron chi connectivity index (χ1n) is 7.18. The lowest BCUT2D eigenvalue weighted by atomic mass is 9.98. The summed E-state index contributed by atoms with van der Waals surface area (Å²) in [7, 11) is 0. The third kappa shape index (κ3) is 3.24. The molecule has 2 aromatic rings. The van der Waals surface area contributed by atoms with E-state index in [1.807, 2.05) is 0 Å². The fourth-order valence-electron chi connectivity index (χ4n) is 2.44.